The van der Waals surface area contributed by atoms with Crippen molar-refractivity contribution in [2.75, 3.05) is 16.6 Å². The molecular weight excluding hydrogens is 320 g/mol. The van der Waals surface area contributed by atoms with Gasteiger partial charge >= 0.3 is 0 Å². The second-order valence-corrected chi connectivity index (χ2v) is 6.96. The lowest BCUT2D eigenvalue weighted by Crippen LogP contribution is -2.21. The van der Waals surface area contributed by atoms with Gasteiger partial charge in [0.25, 0.3) is 5.88 Å². The van der Waals surface area contributed by atoms with E-state index in [4.69, 9.17) is 4.42 Å². The summed E-state index contributed by atoms with van der Waals surface area (Å²) in [5.74, 6) is -3.91. The highest BCUT2D eigenvalue weighted by Gasteiger charge is 2.36. The highest BCUT2D eigenvalue weighted by Crippen LogP contribution is 2.57. The minimum atomic E-state index is -3.15. The number of anilines is 1. The maximum absolute atomic E-state index is 13.8. The maximum atomic E-state index is 13.8. The van der Waals surface area contributed by atoms with E-state index in [1.807, 2.05) is 0 Å². The number of benzene rings is 1. The topological polar surface area (TPSA) is 97.3 Å². The minimum absolute atomic E-state index is 0.105. The van der Waals surface area contributed by atoms with Crippen LogP contribution in [-0.4, -0.2) is 31.6 Å². The number of halogens is 2. The van der Waals surface area contributed by atoms with Crippen LogP contribution in [0.15, 0.2) is 22.6 Å². The number of nitrogens with zero attached hydrogens (tertiary/aromatic N) is 1. The third kappa shape index (κ3) is 2.27. The zero-order valence-corrected chi connectivity index (χ0v) is 12.0. The molecule has 0 saturated carbocycles. The monoisotopic (exact) mass is 333 g/mol. The van der Waals surface area contributed by atoms with Gasteiger partial charge in [0, 0.05) is 12.6 Å². The Morgan fingerprint density at radius 1 is 1.14 bits per heavy atom. The standard InChI is InChI=1S/C13H13F2NO5S/c14-7-2-3-8(9(15)6-7)12-10(17)11(18)13(21-12)16-4-1-5-22(16,19)20/h2-3,6,17-20H,1,4-5H2. The van der Waals surface area contributed by atoms with Crippen LogP contribution in [0.5, 0.6) is 11.5 Å². The Balaban J connectivity index is 2.10. The average Bonchev–Trinajstić information content (AvgIpc) is 2.92. The summed E-state index contributed by atoms with van der Waals surface area (Å²) in [6, 6.07) is 2.63. The fourth-order valence-corrected chi connectivity index (χ4v) is 3.87. The fourth-order valence-electron chi connectivity index (χ4n) is 2.32. The van der Waals surface area contributed by atoms with E-state index in [0.717, 1.165) is 16.4 Å². The summed E-state index contributed by atoms with van der Waals surface area (Å²) in [7, 11) is -3.15. The van der Waals surface area contributed by atoms with Gasteiger partial charge in [-0.05, 0) is 18.6 Å². The molecule has 120 valence electrons. The van der Waals surface area contributed by atoms with Gasteiger partial charge in [-0.15, -0.1) is 10.8 Å². The molecule has 1 saturated heterocycles. The number of hydrogen-bond acceptors (Lipinski definition) is 6. The maximum Gasteiger partial charge on any atom is 0.261 e. The smallest absolute Gasteiger partial charge is 0.261 e. The number of aromatic hydroxyl groups is 2. The number of furan rings is 1. The molecule has 0 aliphatic carbocycles. The molecule has 0 unspecified atom stereocenters. The van der Waals surface area contributed by atoms with E-state index >= 15 is 0 Å². The Morgan fingerprint density at radius 3 is 2.45 bits per heavy atom. The molecule has 1 aromatic carbocycles. The van der Waals surface area contributed by atoms with Gasteiger partial charge in [0.05, 0.1) is 11.3 Å². The van der Waals surface area contributed by atoms with Crippen LogP contribution in [0.2, 0.25) is 0 Å². The van der Waals surface area contributed by atoms with Crippen LogP contribution in [0.1, 0.15) is 6.42 Å². The molecule has 6 nitrogen and oxygen atoms in total. The van der Waals surface area contributed by atoms with Gasteiger partial charge in [-0.2, -0.15) is 0 Å². The van der Waals surface area contributed by atoms with Gasteiger partial charge in [0.15, 0.2) is 5.76 Å². The quantitative estimate of drug-likeness (QED) is 0.671. The lowest BCUT2D eigenvalue weighted by Gasteiger charge is -2.35. The molecule has 2 aromatic rings. The van der Waals surface area contributed by atoms with Gasteiger partial charge in [0.2, 0.25) is 11.5 Å². The van der Waals surface area contributed by atoms with Crippen LogP contribution < -0.4 is 4.31 Å². The van der Waals surface area contributed by atoms with Crippen molar-refractivity contribution in [2.24, 2.45) is 0 Å². The van der Waals surface area contributed by atoms with Crippen LogP contribution in [0.4, 0.5) is 14.7 Å². The SMILES string of the molecule is Oc1c(-c2ccc(F)cc2F)oc(N2CCCS2(O)O)c1O. The molecule has 9 heteroatoms. The van der Waals surface area contributed by atoms with Crippen molar-refractivity contribution < 1.29 is 32.5 Å². The molecular formula is C13H13F2NO5S. The van der Waals surface area contributed by atoms with Crippen LogP contribution in [0, 0.1) is 11.6 Å². The first-order chi connectivity index (χ1) is 10.3. The summed E-state index contributed by atoms with van der Waals surface area (Å²) in [6.45, 7) is 0.203. The summed E-state index contributed by atoms with van der Waals surface area (Å²) in [5.41, 5.74) is -0.254. The molecule has 2 heterocycles. The zero-order valence-electron chi connectivity index (χ0n) is 11.2. The van der Waals surface area contributed by atoms with Crippen molar-refractivity contribution in [3.63, 3.8) is 0 Å². The van der Waals surface area contributed by atoms with E-state index in [1.165, 1.54) is 0 Å². The average molecular weight is 333 g/mol. The summed E-state index contributed by atoms with van der Waals surface area (Å²) in [6.07, 6.45) is 0.462. The van der Waals surface area contributed by atoms with Crippen LogP contribution in [0.25, 0.3) is 11.3 Å². The summed E-state index contributed by atoms with van der Waals surface area (Å²) in [4.78, 5) is 0. The molecule has 1 aliphatic rings. The Kier molecular flexibility index (Phi) is 3.42. The van der Waals surface area contributed by atoms with Crippen LogP contribution in [-0.2, 0) is 0 Å². The summed E-state index contributed by atoms with van der Waals surface area (Å²) >= 11 is 0. The molecule has 0 atom stereocenters. The van der Waals surface area contributed by atoms with Gasteiger partial charge in [-0.3, -0.25) is 9.11 Å². The Hall–Kier alpha value is -1.97. The lowest BCUT2D eigenvalue weighted by molar-refractivity contribution is 0.408. The molecule has 1 aliphatic heterocycles. The van der Waals surface area contributed by atoms with Crippen molar-refractivity contribution in [3.05, 3.63) is 29.8 Å². The van der Waals surface area contributed by atoms with Crippen molar-refractivity contribution in [3.8, 4) is 22.8 Å². The third-order valence-electron chi connectivity index (χ3n) is 3.38. The Morgan fingerprint density at radius 2 is 1.86 bits per heavy atom. The van der Waals surface area contributed by atoms with E-state index in [2.05, 4.69) is 0 Å². The van der Waals surface area contributed by atoms with E-state index in [9.17, 15) is 28.1 Å². The first-order valence-corrected chi connectivity index (χ1v) is 8.02. The first-order valence-electron chi connectivity index (χ1n) is 6.35. The number of rotatable bonds is 2. The van der Waals surface area contributed by atoms with E-state index < -0.39 is 39.7 Å². The lowest BCUT2D eigenvalue weighted by atomic mass is 10.1. The Labute approximate surface area is 125 Å². The van der Waals surface area contributed by atoms with Gasteiger partial charge in [0.1, 0.15) is 11.6 Å². The van der Waals surface area contributed by atoms with Crippen LogP contribution in [0.3, 0.4) is 0 Å². The normalized spacial score (nSPS) is 18.6. The van der Waals surface area contributed by atoms with E-state index in [1.54, 1.807) is 0 Å². The number of hydrogen-bond donors (Lipinski definition) is 4. The van der Waals surface area contributed by atoms with Crippen molar-refractivity contribution >= 4 is 16.7 Å². The van der Waals surface area contributed by atoms with E-state index in [0.29, 0.717) is 12.5 Å². The van der Waals surface area contributed by atoms with Crippen molar-refractivity contribution in [1.29, 1.82) is 0 Å². The van der Waals surface area contributed by atoms with Gasteiger partial charge < -0.3 is 14.6 Å². The summed E-state index contributed by atoms with van der Waals surface area (Å²) in [5, 5.41) is 19.8. The highest BCUT2D eigenvalue weighted by atomic mass is 32.3. The van der Waals surface area contributed by atoms with Gasteiger partial charge in [-0.1, -0.05) is 0 Å². The summed E-state index contributed by atoms with van der Waals surface area (Å²) < 4.78 is 52.8. The molecule has 3 rings (SSSR count). The molecule has 0 radical (unpaired) electrons. The van der Waals surface area contributed by atoms with Crippen LogP contribution >= 0.6 is 10.8 Å². The Bertz CT molecular complexity index is 733. The van der Waals surface area contributed by atoms with E-state index in [-0.39, 0.29) is 23.7 Å². The zero-order chi connectivity index (χ0) is 16.1. The molecule has 22 heavy (non-hydrogen) atoms. The predicted molar refractivity (Wildman–Crippen MR) is 77.1 cm³/mol. The molecule has 1 fully saturated rings. The second-order valence-electron chi connectivity index (χ2n) is 4.85. The first kappa shape index (κ1) is 14.9. The molecule has 0 bridgehead atoms. The van der Waals surface area contributed by atoms with Gasteiger partial charge in [-0.25, -0.2) is 13.1 Å². The highest BCUT2D eigenvalue weighted by molar-refractivity contribution is 8.25. The predicted octanol–water partition coefficient (Wildman–Crippen LogP) is 3.51. The third-order valence-corrected chi connectivity index (χ3v) is 5.27. The fraction of sp³-hybridized carbons (Fsp3) is 0.231. The molecule has 4 N–H and O–H groups in total. The largest absolute Gasteiger partial charge is 0.502 e. The molecule has 0 spiro atoms. The molecule has 1 aromatic heterocycles. The van der Waals surface area contributed by atoms with Crippen molar-refractivity contribution in [2.45, 2.75) is 6.42 Å². The second kappa shape index (κ2) is 5.04. The molecule has 0 amide bonds. The van der Waals surface area contributed by atoms with Crippen molar-refractivity contribution in [1.82, 2.24) is 0 Å². The minimum Gasteiger partial charge on any atom is -0.502 e.